The van der Waals surface area contributed by atoms with Crippen LogP contribution in [0.5, 0.6) is 0 Å². The Labute approximate surface area is 105 Å². The lowest BCUT2D eigenvalue weighted by molar-refractivity contribution is 0.431. The van der Waals surface area contributed by atoms with E-state index in [0.717, 1.165) is 25.0 Å². The Balaban J connectivity index is 1.62. The molecule has 2 aliphatic carbocycles. The van der Waals surface area contributed by atoms with Crippen LogP contribution in [0.4, 0.5) is 0 Å². The molecule has 0 aromatic heterocycles. The van der Waals surface area contributed by atoms with E-state index in [9.17, 15) is 0 Å². The summed E-state index contributed by atoms with van der Waals surface area (Å²) in [4.78, 5) is 4.29. The van der Waals surface area contributed by atoms with E-state index in [4.69, 9.17) is 0 Å². The van der Waals surface area contributed by atoms with Crippen LogP contribution in [0, 0.1) is 11.3 Å². The SMILES string of the molecule is CCCCCNC(=NC)NCC1(C2CC2)CC1. The van der Waals surface area contributed by atoms with Gasteiger partial charge >= 0.3 is 0 Å². The normalized spacial score (nSPS) is 22.4. The minimum absolute atomic E-state index is 0.654. The van der Waals surface area contributed by atoms with Crippen LogP contribution >= 0.6 is 0 Å². The van der Waals surface area contributed by atoms with Crippen molar-refractivity contribution in [1.29, 1.82) is 0 Å². The number of unbranched alkanes of at least 4 members (excludes halogenated alkanes) is 2. The van der Waals surface area contributed by atoms with Crippen molar-refractivity contribution in [2.45, 2.75) is 51.9 Å². The molecule has 2 N–H and O–H groups in total. The van der Waals surface area contributed by atoms with Gasteiger partial charge < -0.3 is 10.6 Å². The highest BCUT2D eigenvalue weighted by molar-refractivity contribution is 5.79. The molecule has 0 atom stereocenters. The maximum Gasteiger partial charge on any atom is 0.190 e. The highest BCUT2D eigenvalue weighted by Crippen LogP contribution is 2.60. The summed E-state index contributed by atoms with van der Waals surface area (Å²) in [6.07, 6.45) is 9.60. The number of rotatable bonds is 7. The van der Waals surface area contributed by atoms with Crippen LogP contribution in [0.15, 0.2) is 4.99 Å². The van der Waals surface area contributed by atoms with Crippen LogP contribution in [-0.2, 0) is 0 Å². The summed E-state index contributed by atoms with van der Waals surface area (Å²) in [5.74, 6) is 2.02. The summed E-state index contributed by atoms with van der Waals surface area (Å²) in [7, 11) is 1.87. The van der Waals surface area contributed by atoms with E-state index in [1.165, 1.54) is 44.9 Å². The largest absolute Gasteiger partial charge is 0.356 e. The zero-order chi connectivity index (χ0) is 12.1. The molecule has 2 aliphatic rings. The molecular weight excluding hydrogens is 210 g/mol. The number of guanidine groups is 1. The van der Waals surface area contributed by atoms with Gasteiger partial charge in [0.1, 0.15) is 0 Å². The maximum absolute atomic E-state index is 4.29. The van der Waals surface area contributed by atoms with Crippen molar-refractivity contribution in [3.63, 3.8) is 0 Å². The molecule has 0 aromatic carbocycles. The molecule has 0 saturated heterocycles. The van der Waals surface area contributed by atoms with Crippen molar-refractivity contribution < 1.29 is 0 Å². The fourth-order valence-electron chi connectivity index (χ4n) is 2.65. The summed E-state index contributed by atoms with van der Waals surface area (Å²) in [5, 5.41) is 6.91. The molecule has 0 bridgehead atoms. The highest BCUT2D eigenvalue weighted by atomic mass is 15.2. The van der Waals surface area contributed by atoms with Crippen molar-refractivity contribution in [2.24, 2.45) is 16.3 Å². The predicted molar refractivity (Wildman–Crippen MR) is 73.3 cm³/mol. The zero-order valence-corrected chi connectivity index (χ0v) is 11.4. The Hall–Kier alpha value is -0.730. The van der Waals surface area contributed by atoms with E-state index in [1.807, 2.05) is 7.05 Å². The van der Waals surface area contributed by atoms with Gasteiger partial charge in [-0.1, -0.05) is 19.8 Å². The average Bonchev–Trinajstić information content (AvgIpc) is 3.18. The standard InChI is InChI=1S/C14H27N3/c1-3-4-5-10-16-13(15-2)17-11-14(8-9-14)12-6-7-12/h12H,3-11H2,1-2H3,(H2,15,16,17). The Morgan fingerprint density at radius 1 is 1.24 bits per heavy atom. The monoisotopic (exact) mass is 237 g/mol. The van der Waals surface area contributed by atoms with E-state index in [2.05, 4.69) is 22.5 Å². The first-order chi connectivity index (χ1) is 8.30. The average molecular weight is 237 g/mol. The molecule has 0 spiro atoms. The molecule has 17 heavy (non-hydrogen) atoms. The van der Waals surface area contributed by atoms with Crippen molar-refractivity contribution in [3.05, 3.63) is 0 Å². The first-order valence-electron chi connectivity index (χ1n) is 7.25. The minimum atomic E-state index is 0.654. The van der Waals surface area contributed by atoms with Crippen molar-refractivity contribution >= 4 is 5.96 Å². The van der Waals surface area contributed by atoms with Crippen molar-refractivity contribution in [1.82, 2.24) is 10.6 Å². The number of hydrogen-bond donors (Lipinski definition) is 2. The second-order valence-corrected chi connectivity index (χ2v) is 5.70. The van der Waals surface area contributed by atoms with Gasteiger partial charge in [-0.2, -0.15) is 0 Å². The Morgan fingerprint density at radius 2 is 2.00 bits per heavy atom. The minimum Gasteiger partial charge on any atom is -0.356 e. The Kier molecular flexibility index (Phi) is 4.30. The quantitative estimate of drug-likeness (QED) is 0.405. The third-order valence-corrected chi connectivity index (χ3v) is 4.24. The molecule has 0 amide bonds. The number of nitrogens with zero attached hydrogens (tertiary/aromatic N) is 1. The lowest BCUT2D eigenvalue weighted by Crippen LogP contribution is -2.41. The second kappa shape index (κ2) is 5.74. The van der Waals surface area contributed by atoms with Gasteiger partial charge in [0.05, 0.1) is 0 Å². The molecule has 0 unspecified atom stereocenters. The van der Waals surface area contributed by atoms with E-state index in [-0.39, 0.29) is 0 Å². The number of aliphatic imine (C=N–C) groups is 1. The fourth-order valence-corrected chi connectivity index (χ4v) is 2.65. The molecule has 98 valence electrons. The summed E-state index contributed by atoms with van der Waals surface area (Å²) >= 11 is 0. The molecule has 3 heteroatoms. The molecular formula is C14H27N3. The van der Waals surface area contributed by atoms with E-state index < -0.39 is 0 Å². The first-order valence-corrected chi connectivity index (χ1v) is 7.25. The molecule has 2 rings (SSSR count). The van der Waals surface area contributed by atoms with Crippen LogP contribution in [0.3, 0.4) is 0 Å². The van der Waals surface area contributed by atoms with Crippen LogP contribution in [-0.4, -0.2) is 26.1 Å². The van der Waals surface area contributed by atoms with Gasteiger partial charge in [-0.25, -0.2) is 0 Å². The predicted octanol–water partition coefficient (Wildman–Crippen LogP) is 2.53. The van der Waals surface area contributed by atoms with Gasteiger partial charge in [-0.15, -0.1) is 0 Å². The Morgan fingerprint density at radius 3 is 2.53 bits per heavy atom. The molecule has 0 heterocycles. The van der Waals surface area contributed by atoms with Crippen LogP contribution in [0.2, 0.25) is 0 Å². The number of hydrogen-bond acceptors (Lipinski definition) is 1. The first kappa shape index (κ1) is 12.7. The topological polar surface area (TPSA) is 36.4 Å². The van der Waals surface area contributed by atoms with Gasteiger partial charge in [0.25, 0.3) is 0 Å². The summed E-state index contributed by atoms with van der Waals surface area (Å²) in [6.45, 7) is 4.41. The third kappa shape index (κ3) is 3.62. The summed E-state index contributed by atoms with van der Waals surface area (Å²) in [6, 6.07) is 0. The fraction of sp³-hybridized carbons (Fsp3) is 0.929. The van der Waals surface area contributed by atoms with Gasteiger partial charge in [-0.3, -0.25) is 4.99 Å². The highest BCUT2D eigenvalue weighted by Gasteiger charge is 2.53. The number of nitrogens with one attached hydrogen (secondary N) is 2. The summed E-state index contributed by atoms with van der Waals surface area (Å²) < 4.78 is 0. The van der Waals surface area contributed by atoms with E-state index in [0.29, 0.717) is 5.41 Å². The third-order valence-electron chi connectivity index (χ3n) is 4.24. The summed E-state index contributed by atoms with van der Waals surface area (Å²) in [5.41, 5.74) is 0.654. The smallest absolute Gasteiger partial charge is 0.190 e. The molecule has 0 aromatic rings. The van der Waals surface area contributed by atoms with E-state index in [1.54, 1.807) is 0 Å². The molecule has 0 aliphatic heterocycles. The Bertz CT molecular complexity index is 265. The van der Waals surface area contributed by atoms with Crippen molar-refractivity contribution in [2.75, 3.05) is 20.1 Å². The van der Waals surface area contributed by atoms with Crippen LogP contribution in [0.25, 0.3) is 0 Å². The molecule has 3 nitrogen and oxygen atoms in total. The lowest BCUT2D eigenvalue weighted by Gasteiger charge is -2.18. The molecule has 0 radical (unpaired) electrons. The zero-order valence-electron chi connectivity index (χ0n) is 11.4. The van der Waals surface area contributed by atoms with Crippen LogP contribution in [0.1, 0.15) is 51.9 Å². The van der Waals surface area contributed by atoms with Crippen LogP contribution < -0.4 is 10.6 Å². The lowest BCUT2D eigenvalue weighted by atomic mass is 10.0. The molecule has 2 fully saturated rings. The molecule has 2 saturated carbocycles. The van der Waals surface area contributed by atoms with Gasteiger partial charge in [0.15, 0.2) is 5.96 Å². The van der Waals surface area contributed by atoms with E-state index >= 15 is 0 Å². The second-order valence-electron chi connectivity index (χ2n) is 5.70. The van der Waals surface area contributed by atoms with Gasteiger partial charge in [0.2, 0.25) is 0 Å². The van der Waals surface area contributed by atoms with Crippen molar-refractivity contribution in [3.8, 4) is 0 Å². The van der Waals surface area contributed by atoms with Gasteiger partial charge in [0, 0.05) is 20.1 Å². The maximum atomic E-state index is 4.29. The van der Waals surface area contributed by atoms with Gasteiger partial charge in [-0.05, 0) is 43.4 Å².